The minimum absolute atomic E-state index is 0.578. The summed E-state index contributed by atoms with van der Waals surface area (Å²) in [5, 5.41) is 13.2. The van der Waals surface area contributed by atoms with Crippen molar-refractivity contribution in [1.29, 1.82) is 0 Å². The Labute approximate surface area is 166 Å². The van der Waals surface area contributed by atoms with Gasteiger partial charge in [-0.15, -0.1) is 21.5 Å². The number of benzene rings is 1. The standard InChI is InChI=1S/C18H19Cl2N3S2/c1-4-13-11(3)24-10-14(13)17-21-22-18(23(17)5-2)25-9-12-6-7-15(19)16(20)8-12/h6-8,10H,4-5,9H2,1-3H3. The van der Waals surface area contributed by atoms with Crippen molar-refractivity contribution < 1.29 is 0 Å². The summed E-state index contributed by atoms with van der Waals surface area (Å²) >= 11 is 15.5. The topological polar surface area (TPSA) is 30.7 Å². The van der Waals surface area contributed by atoms with Gasteiger partial charge >= 0.3 is 0 Å². The highest BCUT2D eigenvalue weighted by molar-refractivity contribution is 7.98. The number of halogens is 2. The number of hydrogen-bond acceptors (Lipinski definition) is 4. The summed E-state index contributed by atoms with van der Waals surface area (Å²) in [6, 6.07) is 5.73. The van der Waals surface area contributed by atoms with Gasteiger partial charge in [0.15, 0.2) is 11.0 Å². The first-order valence-corrected chi connectivity index (χ1v) is 10.7. The van der Waals surface area contributed by atoms with Crippen LogP contribution in [-0.2, 0) is 18.7 Å². The van der Waals surface area contributed by atoms with Gasteiger partial charge in [-0.2, -0.15) is 0 Å². The lowest BCUT2D eigenvalue weighted by Crippen LogP contribution is -2.00. The molecule has 0 bridgehead atoms. The fourth-order valence-electron chi connectivity index (χ4n) is 2.76. The van der Waals surface area contributed by atoms with Gasteiger partial charge in [0.25, 0.3) is 0 Å². The molecule has 0 amide bonds. The average molecular weight is 412 g/mol. The molecule has 3 aromatic rings. The third-order valence-corrected chi connectivity index (χ3v) is 6.81. The second-order valence-electron chi connectivity index (χ2n) is 5.63. The second kappa shape index (κ2) is 8.12. The summed E-state index contributed by atoms with van der Waals surface area (Å²) in [6.07, 6.45) is 1.01. The summed E-state index contributed by atoms with van der Waals surface area (Å²) in [6.45, 7) is 7.32. The van der Waals surface area contributed by atoms with Crippen LogP contribution in [0.15, 0.2) is 28.7 Å². The molecule has 0 atom stereocenters. The van der Waals surface area contributed by atoms with Crippen LogP contribution < -0.4 is 0 Å². The molecule has 3 rings (SSSR count). The number of thioether (sulfide) groups is 1. The highest BCUT2D eigenvalue weighted by Gasteiger charge is 2.18. The fraction of sp³-hybridized carbons (Fsp3) is 0.333. The minimum atomic E-state index is 0.578. The Bertz CT molecular complexity index is 887. The lowest BCUT2D eigenvalue weighted by atomic mass is 10.1. The van der Waals surface area contributed by atoms with Gasteiger partial charge in [-0.1, -0.05) is 48.0 Å². The maximum absolute atomic E-state index is 6.10. The summed E-state index contributed by atoms with van der Waals surface area (Å²) < 4.78 is 2.18. The molecule has 7 heteroatoms. The van der Waals surface area contributed by atoms with Crippen LogP contribution in [0.2, 0.25) is 10.0 Å². The monoisotopic (exact) mass is 411 g/mol. The Balaban J connectivity index is 1.86. The smallest absolute Gasteiger partial charge is 0.191 e. The zero-order valence-corrected chi connectivity index (χ0v) is 17.5. The van der Waals surface area contributed by atoms with Crippen molar-refractivity contribution in [2.75, 3.05) is 0 Å². The van der Waals surface area contributed by atoms with Crippen molar-refractivity contribution in [3.63, 3.8) is 0 Å². The molecule has 0 spiro atoms. The van der Waals surface area contributed by atoms with E-state index < -0.39 is 0 Å². The molecule has 2 heterocycles. The molecule has 0 N–H and O–H groups in total. The van der Waals surface area contributed by atoms with Crippen molar-refractivity contribution in [3.05, 3.63) is 49.6 Å². The Hall–Kier alpha value is -1.01. The third-order valence-electron chi connectivity index (χ3n) is 4.08. The zero-order chi connectivity index (χ0) is 18.0. The van der Waals surface area contributed by atoms with Gasteiger partial charge in [0, 0.05) is 28.1 Å². The highest BCUT2D eigenvalue weighted by atomic mass is 35.5. The van der Waals surface area contributed by atoms with Crippen LogP contribution in [-0.4, -0.2) is 14.8 Å². The molecule has 0 saturated carbocycles. The molecule has 1 aromatic carbocycles. The van der Waals surface area contributed by atoms with E-state index in [0.29, 0.717) is 10.0 Å². The number of aryl methyl sites for hydroxylation is 1. The van der Waals surface area contributed by atoms with Gasteiger partial charge in [-0.05, 0) is 43.5 Å². The first-order chi connectivity index (χ1) is 12.0. The van der Waals surface area contributed by atoms with E-state index >= 15 is 0 Å². The van der Waals surface area contributed by atoms with Crippen LogP contribution in [0, 0.1) is 6.92 Å². The van der Waals surface area contributed by atoms with Crippen LogP contribution in [0.5, 0.6) is 0 Å². The van der Waals surface area contributed by atoms with E-state index in [1.807, 2.05) is 18.2 Å². The molecule has 0 aliphatic carbocycles. The molecule has 25 heavy (non-hydrogen) atoms. The van der Waals surface area contributed by atoms with Gasteiger partial charge in [0.2, 0.25) is 0 Å². The minimum Gasteiger partial charge on any atom is -0.302 e. The molecule has 0 saturated heterocycles. The van der Waals surface area contributed by atoms with Crippen LogP contribution in [0.3, 0.4) is 0 Å². The maximum atomic E-state index is 6.10. The molecular weight excluding hydrogens is 393 g/mol. The van der Waals surface area contributed by atoms with Crippen LogP contribution >= 0.6 is 46.3 Å². The van der Waals surface area contributed by atoms with E-state index in [9.17, 15) is 0 Å². The lowest BCUT2D eigenvalue weighted by Gasteiger charge is -2.08. The molecule has 2 aromatic heterocycles. The van der Waals surface area contributed by atoms with E-state index in [1.54, 1.807) is 23.1 Å². The summed E-state index contributed by atoms with van der Waals surface area (Å²) in [5.74, 6) is 1.73. The van der Waals surface area contributed by atoms with Gasteiger partial charge in [0.1, 0.15) is 0 Å². The van der Waals surface area contributed by atoms with E-state index in [4.69, 9.17) is 23.2 Å². The lowest BCUT2D eigenvalue weighted by molar-refractivity contribution is 0.687. The highest BCUT2D eigenvalue weighted by Crippen LogP contribution is 2.33. The van der Waals surface area contributed by atoms with Crippen molar-refractivity contribution in [2.45, 2.75) is 44.6 Å². The van der Waals surface area contributed by atoms with Gasteiger partial charge in [0.05, 0.1) is 10.0 Å². The van der Waals surface area contributed by atoms with Crippen molar-refractivity contribution in [3.8, 4) is 11.4 Å². The Morgan fingerprint density at radius 1 is 1.16 bits per heavy atom. The second-order valence-corrected chi connectivity index (χ2v) is 8.47. The number of nitrogens with zero attached hydrogens (tertiary/aromatic N) is 3. The third kappa shape index (κ3) is 3.90. The summed E-state index contributed by atoms with van der Waals surface area (Å²) in [4.78, 5) is 1.35. The van der Waals surface area contributed by atoms with Crippen molar-refractivity contribution in [2.24, 2.45) is 0 Å². The number of rotatable bonds is 6. The van der Waals surface area contributed by atoms with Gasteiger partial charge in [-0.25, -0.2) is 0 Å². The zero-order valence-electron chi connectivity index (χ0n) is 14.3. The van der Waals surface area contributed by atoms with E-state index in [0.717, 1.165) is 35.3 Å². The van der Waals surface area contributed by atoms with E-state index in [-0.39, 0.29) is 0 Å². The Morgan fingerprint density at radius 3 is 2.64 bits per heavy atom. The van der Waals surface area contributed by atoms with Crippen molar-refractivity contribution in [1.82, 2.24) is 14.8 Å². The SMILES string of the molecule is CCc1c(-c2nnc(SCc3ccc(Cl)c(Cl)c3)n2CC)csc1C. The summed E-state index contributed by atoms with van der Waals surface area (Å²) in [7, 11) is 0. The molecule has 0 aliphatic heterocycles. The van der Waals surface area contributed by atoms with Gasteiger partial charge < -0.3 is 4.57 Å². The number of hydrogen-bond donors (Lipinski definition) is 0. The quantitative estimate of drug-likeness (QED) is 0.433. The molecule has 0 fully saturated rings. The molecule has 132 valence electrons. The maximum Gasteiger partial charge on any atom is 0.191 e. The van der Waals surface area contributed by atoms with Crippen LogP contribution in [0.25, 0.3) is 11.4 Å². The Morgan fingerprint density at radius 2 is 1.96 bits per heavy atom. The average Bonchev–Trinajstić information content (AvgIpc) is 3.18. The van der Waals surface area contributed by atoms with Crippen LogP contribution in [0.4, 0.5) is 0 Å². The fourth-order valence-corrected chi connectivity index (χ4v) is 4.97. The number of aromatic nitrogens is 3. The first kappa shape index (κ1) is 18.8. The van der Waals surface area contributed by atoms with E-state index in [1.165, 1.54) is 16.0 Å². The van der Waals surface area contributed by atoms with Gasteiger partial charge in [-0.3, -0.25) is 0 Å². The predicted molar refractivity (Wildman–Crippen MR) is 109 cm³/mol. The van der Waals surface area contributed by atoms with E-state index in [2.05, 4.69) is 40.9 Å². The van der Waals surface area contributed by atoms with Crippen molar-refractivity contribution >= 4 is 46.3 Å². The largest absolute Gasteiger partial charge is 0.302 e. The predicted octanol–water partition coefficient (Wildman–Crippen LogP) is 6.50. The normalized spacial score (nSPS) is 11.2. The first-order valence-electron chi connectivity index (χ1n) is 8.12. The summed E-state index contributed by atoms with van der Waals surface area (Å²) in [5.41, 5.74) is 3.70. The number of thiophene rings is 1. The molecule has 0 unspecified atom stereocenters. The molecule has 0 radical (unpaired) electrons. The Kier molecular flexibility index (Phi) is 6.10. The molecule has 3 nitrogen and oxygen atoms in total. The van der Waals surface area contributed by atoms with Crippen LogP contribution in [0.1, 0.15) is 29.9 Å². The molecule has 0 aliphatic rings. The molecular formula is C18H19Cl2N3S2.